The third-order valence-corrected chi connectivity index (χ3v) is 3.27. The Kier molecular flexibility index (Phi) is 3.53. The van der Waals surface area contributed by atoms with Crippen LogP contribution in [-0.2, 0) is 6.42 Å². The Morgan fingerprint density at radius 1 is 1.50 bits per heavy atom. The molecule has 0 fully saturated rings. The first-order valence-corrected chi connectivity index (χ1v) is 5.94. The van der Waals surface area contributed by atoms with Gasteiger partial charge in [-0.25, -0.2) is 9.37 Å². The highest BCUT2D eigenvalue weighted by atomic mass is 35.5. The standard InChI is InChI=1S/C11H9ClFNOS/c12-8-1-2-9(13)7(5-8)6-10(15)11-14-3-4-16-11/h1-5,10,15H,6H2. The first-order valence-electron chi connectivity index (χ1n) is 4.68. The van der Waals surface area contributed by atoms with Gasteiger partial charge in [0, 0.05) is 23.0 Å². The molecule has 0 bridgehead atoms. The summed E-state index contributed by atoms with van der Waals surface area (Å²) in [7, 11) is 0. The maximum atomic E-state index is 13.4. The second-order valence-electron chi connectivity index (χ2n) is 3.33. The van der Waals surface area contributed by atoms with Crippen LogP contribution in [-0.4, -0.2) is 10.1 Å². The van der Waals surface area contributed by atoms with E-state index in [2.05, 4.69) is 4.98 Å². The summed E-state index contributed by atoms with van der Waals surface area (Å²) in [6.45, 7) is 0. The average molecular weight is 258 g/mol. The van der Waals surface area contributed by atoms with Gasteiger partial charge < -0.3 is 5.11 Å². The van der Waals surface area contributed by atoms with E-state index in [1.807, 2.05) is 0 Å². The second kappa shape index (κ2) is 4.91. The van der Waals surface area contributed by atoms with E-state index in [4.69, 9.17) is 11.6 Å². The highest BCUT2D eigenvalue weighted by Crippen LogP contribution is 2.23. The molecule has 0 spiro atoms. The summed E-state index contributed by atoms with van der Waals surface area (Å²) in [5.41, 5.74) is 0.398. The Morgan fingerprint density at radius 3 is 3.00 bits per heavy atom. The molecular formula is C11H9ClFNOS. The zero-order valence-corrected chi connectivity index (χ0v) is 9.80. The van der Waals surface area contributed by atoms with Crippen LogP contribution in [0.3, 0.4) is 0 Å². The van der Waals surface area contributed by atoms with Crippen molar-refractivity contribution in [3.8, 4) is 0 Å². The number of nitrogens with zero attached hydrogens (tertiary/aromatic N) is 1. The quantitative estimate of drug-likeness (QED) is 0.916. The molecule has 16 heavy (non-hydrogen) atoms. The number of aliphatic hydroxyl groups is 1. The largest absolute Gasteiger partial charge is 0.386 e. The van der Waals surface area contributed by atoms with Gasteiger partial charge >= 0.3 is 0 Å². The average Bonchev–Trinajstić information content (AvgIpc) is 2.76. The molecule has 2 aromatic rings. The van der Waals surface area contributed by atoms with Crippen molar-refractivity contribution in [1.29, 1.82) is 0 Å². The summed E-state index contributed by atoms with van der Waals surface area (Å²) in [6.07, 6.45) is 1.00. The predicted octanol–water partition coefficient (Wildman–Crippen LogP) is 3.21. The van der Waals surface area contributed by atoms with Crippen molar-refractivity contribution in [1.82, 2.24) is 4.98 Å². The topological polar surface area (TPSA) is 33.1 Å². The summed E-state index contributed by atoms with van der Waals surface area (Å²) >= 11 is 7.11. The molecule has 1 heterocycles. The van der Waals surface area contributed by atoms with E-state index in [9.17, 15) is 9.50 Å². The summed E-state index contributed by atoms with van der Waals surface area (Å²) in [5.74, 6) is -0.361. The van der Waals surface area contributed by atoms with E-state index < -0.39 is 6.10 Å². The van der Waals surface area contributed by atoms with Gasteiger partial charge in [-0.1, -0.05) is 11.6 Å². The van der Waals surface area contributed by atoms with E-state index >= 15 is 0 Å². The van der Waals surface area contributed by atoms with E-state index in [0.29, 0.717) is 15.6 Å². The molecule has 2 nitrogen and oxygen atoms in total. The minimum absolute atomic E-state index is 0.180. The Labute approximate surface area is 101 Å². The molecule has 1 aromatic heterocycles. The molecule has 5 heteroatoms. The van der Waals surface area contributed by atoms with Gasteiger partial charge in [0.15, 0.2) is 0 Å². The van der Waals surface area contributed by atoms with Crippen molar-refractivity contribution < 1.29 is 9.50 Å². The highest BCUT2D eigenvalue weighted by molar-refractivity contribution is 7.09. The minimum atomic E-state index is -0.784. The van der Waals surface area contributed by atoms with E-state index in [1.54, 1.807) is 11.6 Å². The maximum Gasteiger partial charge on any atom is 0.126 e. The lowest BCUT2D eigenvalue weighted by molar-refractivity contribution is 0.176. The lowest BCUT2D eigenvalue weighted by Gasteiger charge is -2.08. The third-order valence-electron chi connectivity index (χ3n) is 2.16. The molecule has 0 saturated carbocycles. The molecule has 0 aliphatic heterocycles. The van der Waals surface area contributed by atoms with Crippen LogP contribution < -0.4 is 0 Å². The monoisotopic (exact) mass is 257 g/mol. The van der Waals surface area contributed by atoms with Gasteiger partial charge in [-0.2, -0.15) is 0 Å². The Morgan fingerprint density at radius 2 is 2.31 bits per heavy atom. The molecule has 1 N–H and O–H groups in total. The summed E-state index contributed by atoms with van der Waals surface area (Å²) in [5, 5.41) is 12.6. The summed E-state index contributed by atoms with van der Waals surface area (Å²) in [4.78, 5) is 3.98. The zero-order valence-electron chi connectivity index (χ0n) is 8.23. The van der Waals surface area contributed by atoms with Crippen LogP contribution in [0.25, 0.3) is 0 Å². The third kappa shape index (κ3) is 2.58. The number of benzene rings is 1. The number of hydrogen-bond acceptors (Lipinski definition) is 3. The van der Waals surface area contributed by atoms with Gasteiger partial charge in [-0.3, -0.25) is 0 Å². The number of thiazole rings is 1. The Hall–Kier alpha value is -0.970. The van der Waals surface area contributed by atoms with E-state index in [-0.39, 0.29) is 12.2 Å². The number of hydrogen-bond donors (Lipinski definition) is 1. The summed E-state index contributed by atoms with van der Waals surface area (Å²) < 4.78 is 13.4. The molecule has 0 saturated heterocycles. The molecular weight excluding hydrogens is 249 g/mol. The van der Waals surface area contributed by atoms with E-state index in [1.165, 1.54) is 29.5 Å². The summed E-state index contributed by atoms with van der Waals surface area (Å²) in [6, 6.07) is 4.30. The highest BCUT2D eigenvalue weighted by Gasteiger charge is 2.13. The van der Waals surface area contributed by atoms with Crippen LogP contribution in [0.15, 0.2) is 29.8 Å². The first-order chi connectivity index (χ1) is 7.66. The van der Waals surface area contributed by atoms with Crippen LogP contribution >= 0.6 is 22.9 Å². The van der Waals surface area contributed by atoms with Gasteiger partial charge in [0.05, 0.1) is 0 Å². The van der Waals surface area contributed by atoms with Gasteiger partial charge in [-0.15, -0.1) is 11.3 Å². The zero-order chi connectivity index (χ0) is 11.5. The van der Waals surface area contributed by atoms with Crippen LogP contribution in [0, 0.1) is 5.82 Å². The van der Waals surface area contributed by atoms with Crippen LogP contribution in [0.5, 0.6) is 0 Å². The molecule has 1 atom stereocenters. The van der Waals surface area contributed by atoms with Gasteiger partial charge in [-0.05, 0) is 23.8 Å². The molecule has 0 radical (unpaired) electrons. The number of aliphatic hydroxyl groups excluding tert-OH is 1. The maximum absolute atomic E-state index is 13.4. The number of rotatable bonds is 3. The van der Waals surface area contributed by atoms with Crippen molar-refractivity contribution in [2.75, 3.05) is 0 Å². The fraction of sp³-hybridized carbons (Fsp3) is 0.182. The van der Waals surface area contributed by atoms with Crippen molar-refractivity contribution in [2.45, 2.75) is 12.5 Å². The molecule has 84 valence electrons. The molecule has 0 aliphatic rings. The van der Waals surface area contributed by atoms with Crippen LogP contribution in [0.4, 0.5) is 4.39 Å². The van der Waals surface area contributed by atoms with Gasteiger partial charge in [0.25, 0.3) is 0 Å². The lowest BCUT2D eigenvalue weighted by atomic mass is 10.1. The first kappa shape index (κ1) is 11.5. The van der Waals surface area contributed by atoms with Crippen molar-refractivity contribution in [3.05, 3.63) is 51.2 Å². The number of aromatic nitrogens is 1. The Balaban J connectivity index is 2.17. The van der Waals surface area contributed by atoms with Gasteiger partial charge in [0.2, 0.25) is 0 Å². The predicted molar refractivity (Wildman–Crippen MR) is 62.2 cm³/mol. The van der Waals surface area contributed by atoms with Crippen molar-refractivity contribution >= 4 is 22.9 Å². The molecule has 0 amide bonds. The fourth-order valence-electron chi connectivity index (χ4n) is 1.39. The Bertz CT molecular complexity index is 475. The molecule has 1 unspecified atom stereocenters. The van der Waals surface area contributed by atoms with Gasteiger partial charge in [0.1, 0.15) is 16.9 Å². The van der Waals surface area contributed by atoms with Crippen LogP contribution in [0.2, 0.25) is 5.02 Å². The normalized spacial score (nSPS) is 12.7. The minimum Gasteiger partial charge on any atom is -0.386 e. The number of halogens is 2. The van der Waals surface area contributed by atoms with Crippen LogP contribution in [0.1, 0.15) is 16.7 Å². The lowest BCUT2D eigenvalue weighted by Crippen LogP contribution is -2.03. The molecule has 1 aromatic carbocycles. The fourth-order valence-corrected chi connectivity index (χ4v) is 2.21. The van der Waals surface area contributed by atoms with E-state index in [0.717, 1.165) is 0 Å². The molecule has 0 aliphatic carbocycles. The second-order valence-corrected chi connectivity index (χ2v) is 4.69. The smallest absolute Gasteiger partial charge is 0.126 e. The van der Waals surface area contributed by atoms with Crippen molar-refractivity contribution in [3.63, 3.8) is 0 Å². The van der Waals surface area contributed by atoms with Crippen molar-refractivity contribution in [2.24, 2.45) is 0 Å². The molecule has 2 rings (SSSR count). The SMILES string of the molecule is OC(Cc1cc(Cl)ccc1F)c1nccs1.